The average molecular weight is 404 g/mol. The van der Waals surface area contributed by atoms with Gasteiger partial charge in [0, 0.05) is 12.1 Å². The number of rotatable bonds is 3. The number of ketones is 1. The molecule has 2 aliphatic carbocycles. The van der Waals surface area contributed by atoms with Crippen LogP contribution in [0.5, 0.6) is 0 Å². The number of carbonyl (C=O) groups excluding carboxylic acids is 2. The third kappa shape index (κ3) is 2.90. The normalized spacial score (nSPS) is 24.8. The standard InChI is InChI=1S/C22H20N4O4/c1-13-17-8-7-14-12-26(18(27)11-24-21(29)30)25-20(14)22(17,9-15(10-23)19(13)28)16-5-3-2-4-6-16/h2-6,9,12-13,17,24H,7-8,11H2,1H3,(H,29,30). The highest BCUT2D eigenvalue weighted by molar-refractivity contribution is 6.02. The molecule has 2 N–H and O–H groups in total. The van der Waals surface area contributed by atoms with Crippen molar-refractivity contribution < 1.29 is 19.5 Å². The van der Waals surface area contributed by atoms with Crippen LogP contribution < -0.4 is 5.32 Å². The Morgan fingerprint density at radius 2 is 2.10 bits per heavy atom. The van der Waals surface area contributed by atoms with Crippen LogP contribution in [0.25, 0.3) is 0 Å². The molecule has 0 bridgehead atoms. The van der Waals surface area contributed by atoms with Crippen molar-refractivity contribution in [2.45, 2.75) is 25.2 Å². The highest BCUT2D eigenvalue weighted by atomic mass is 16.4. The first kappa shape index (κ1) is 19.6. The molecule has 0 saturated carbocycles. The van der Waals surface area contributed by atoms with Gasteiger partial charge in [0.15, 0.2) is 5.78 Å². The molecule has 3 atom stereocenters. The maximum absolute atomic E-state index is 12.7. The summed E-state index contributed by atoms with van der Waals surface area (Å²) in [6.45, 7) is 1.45. The largest absolute Gasteiger partial charge is 0.465 e. The molecule has 1 aromatic carbocycles. The fourth-order valence-corrected chi connectivity index (χ4v) is 4.80. The minimum absolute atomic E-state index is 0.101. The zero-order valence-electron chi connectivity index (χ0n) is 16.3. The van der Waals surface area contributed by atoms with Crippen LogP contribution >= 0.6 is 0 Å². The Kier molecular flexibility index (Phi) is 4.74. The minimum atomic E-state index is -1.29. The maximum Gasteiger partial charge on any atom is 0.405 e. The van der Waals surface area contributed by atoms with Crippen LogP contribution in [0.15, 0.2) is 48.2 Å². The van der Waals surface area contributed by atoms with Crippen LogP contribution in [0.3, 0.4) is 0 Å². The van der Waals surface area contributed by atoms with E-state index < -0.39 is 24.0 Å². The molecule has 0 fully saturated rings. The molecular weight excluding hydrogens is 384 g/mol. The summed E-state index contributed by atoms with van der Waals surface area (Å²) in [6, 6.07) is 11.6. The maximum atomic E-state index is 12.7. The number of benzene rings is 1. The molecule has 0 saturated heterocycles. The van der Waals surface area contributed by atoms with Gasteiger partial charge in [-0.3, -0.25) is 9.59 Å². The third-order valence-electron chi connectivity index (χ3n) is 6.16. The van der Waals surface area contributed by atoms with Gasteiger partial charge in [-0.05, 0) is 36.0 Å². The number of nitrogens with one attached hydrogen (secondary N) is 1. The third-order valence-corrected chi connectivity index (χ3v) is 6.16. The first-order valence-corrected chi connectivity index (χ1v) is 9.70. The second kappa shape index (κ2) is 7.26. The highest BCUT2D eigenvalue weighted by Crippen LogP contribution is 2.53. The summed E-state index contributed by atoms with van der Waals surface area (Å²) in [7, 11) is 0. The summed E-state index contributed by atoms with van der Waals surface area (Å²) in [4.78, 5) is 35.9. The summed E-state index contributed by atoms with van der Waals surface area (Å²) in [6.07, 6.45) is 3.40. The Labute approximate surface area is 172 Å². The Bertz CT molecular complexity index is 1110. The summed E-state index contributed by atoms with van der Waals surface area (Å²) in [5.74, 6) is -1.14. The van der Waals surface area contributed by atoms with E-state index >= 15 is 0 Å². The Balaban J connectivity index is 1.91. The van der Waals surface area contributed by atoms with E-state index in [0.29, 0.717) is 18.5 Å². The predicted molar refractivity (Wildman–Crippen MR) is 106 cm³/mol. The molecule has 8 nitrogen and oxygen atoms in total. The number of fused-ring (bicyclic) bond motifs is 3. The first-order valence-electron chi connectivity index (χ1n) is 9.70. The second-order valence-corrected chi connectivity index (χ2v) is 7.70. The quantitative estimate of drug-likeness (QED) is 0.809. The molecule has 4 rings (SSSR count). The molecule has 3 unspecified atom stereocenters. The van der Waals surface area contributed by atoms with Gasteiger partial charge >= 0.3 is 6.09 Å². The van der Waals surface area contributed by atoms with Crippen molar-refractivity contribution >= 4 is 17.8 Å². The number of aromatic nitrogens is 2. The fraction of sp³-hybridized carbons (Fsp3) is 0.318. The van der Waals surface area contributed by atoms with E-state index in [9.17, 15) is 19.6 Å². The van der Waals surface area contributed by atoms with E-state index in [1.807, 2.05) is 43.3 Å². The highest BCUT2D eigenvalue weighted by Gasteiger charge is 2.53. The zero-order chi connectivity index (χ0) is 21.5. The van der Waals surface area contributed by atoms with E-state index in [-0.39, 0.29) is 23.2 Å². The van der Waals surface area contributed by atoms with E-state index in [2.05, 4.69) is 10.4 Å². The van der Waals surface area contributed by atoms with E-state index in [1.54, 1.807) is 12.3 Å². The number of carbonyl (C=O) groups is 3. The van der Waals surface area contributed by atoms with Crippen molar-refractivity contribution in [3.8, 4) is 6.07 Å². The van der Waals surface area contributed by atoms with Gasteiger partial charge < -0.3 is 10.4 Å². The number of nitriles is 1. The van der Waals surface area contributed by atoms with Crippen LogP contribution in [-0.2, 0) is 16.6 Å². The molecule has 2 aliphatic rings. The fourth-order valence-electron chi connectivity index (χ4n) is 4.80. The molecule has 8 heteroatoms. The van der Waals surface area contributed by atoms with Gasteiger partial charge in [-0.15, -0.1) is 0 Å². The van der Waals surface area contributed by atoms with Gasteiger partial charge in [0.1, 0.15) is 12.6 Å². The molecule has 1 amide bonds. The van der Waals surface area contributed by atoms with Crippen molar-refractivity contribution in [2.75, 3.05) is 6.54 Å². The van der Waals surface area contributed by atoms with Crippen LogP contribution in [0, 0.1) is 23.2 Å². The Morgan fingerprint density at radius 1 is 1.37 bits per heavy atom. The number of allylic oxidation sites excluding steroid dienone is 2. The van der Waals surface area contributed by atoms with Gasteiger partial charge in [-0.25, -0.2) is 9.48 Å². The SMILES string of the molecule is CC1C(=O)C(C#N)=CC2(c3ccccc3)c3nn(C(=O)CNC(=O)O)cc3CCC12. The minimum Gasteiger partial charge on any atom is -0.465 e. The molecule has 152 valence electrons. The Hall–Kier alpha value is -3.73. The molecule has 2 aromatic rings. The van der Waals surface area contributed by atoms with Crippen LogP contribution in [0.1, 0.15) is 35.0 Å². The van der Waals surface area contributed by atoms with E-state index in [4.69, 9.17) is 5.11 Å². The van der Waals surface area contributed by atoms with E-state index in [1.165, 1.54) is 0 Å². The van der Waals surface area contributed by atoms with Crippen LogP contribution in [0.4, 0.5) is 4.79 Å². The van der Waals surface area contributed by atoms with Crippen LogP contribution in [-0.4, -0.2) is 39.2 Å². The lowest BCUT2D eigenvalue weighted by Crippen LogP contribution is -2.48. The van der Waals surface area contributed by atoms with Crippen LogP contribution in [0.2, 0.25) is 0 Å². The zero-order valence-corrected chi connectivity index (χ0v) is 16.3. The lowest BCUT2D eigenvalue weighted by molar-refractivity contribution is -0.121. The molecule has 1 aromatic heterocycles. The van der Waals surface area contributed by atoms with Crippen molar-refractivity contribution in [1.29, 1.82) is 5.26 Å². The molecule has 30 heavy (non-hydrogen) atoms. The van der Waals surface area contributed by atoms with Gasteiger partial charge in [-0.2, -0.15) is 10.4 Å². The molecular formula is C22H20N4O4. The Morgan fingerprint density at radius 3 is 2.77 bits per heavy atom. The lowest BCUT2D eigenvalue weighted by atomic mass is 9.54. The van der Waals surface area contributed by atoms with Gasteiger partial charge in [0.25, 0.3) is 5.91 Å². The second-order valence-electron chi connectivity index (χ2n) is 7.70. The van der Waals surface area contributed by atoms with Crippen molar-refractivity contribution in [3.05, 3.63) is 65.0 Å². The topological polar surface area (TPSA) is 125 Å². The number of nitrogens with zero attached hydrogens (tertiary/aromatic N) is 3. The number of Topliss-reactive ketones (excluding diaryl/α,β-unsaturated/α-hetero) is 1. The summed E-state index contributed by atoms with van der Waals surface area (Å²) < 4.78 is 1.16. The molecule has 0 spiro atoms. The summed E-state index contributed by atoms with van der Waals surface area (Å²) in [5, 5.41) is 25.0. The molecule has 0 aliphatic heterocycles. The number of aryl methyl sites for hydroxylation is 1. The van der Waals surface area contributed by atoms with Gasteiger partial charge in [-0.1, -0.05) is 37.3 Å². The first-order chi connectivity index (χ1) is 14.4. The predicted octanol–water partition coefficient (Wildman–Crippen LogP) is 2.31. The monoisotopic (exact) mass is 404 g/mol. The summed E-state index contributed by atoms with van der Waals surface area (Å²) >= 11 is 0. The summed E-state index contributed by atoms with van der Waals surface area (Å²) in [5.41, 5.74) is 1.70. The van der Waals surface area contributed by atoms with Crippen molar-refractivity contribution in [1.82, 2.24) is 15.1 Å². The number of carboxylic acid groups (broad SMARTS) is 1. The molecule has 1 heterocycles. The smallest absolute Gasteiger partial charge is 0.405 e. The number of hydrogen-bond donors (Lipinski definition) is 2. The number of hydrogen-bond acceptors (Lipinski definition) is 5. The van der Waals surface area contributed by atoms with Gasteiger partial charge in [0.2, 0.25) is 0 Å². The van der Waals surface area contributed by atoms with E-state index in [0.717, 1.165) is 15.8 Å². The number of amides is 1. The lowest BCUT2D eigenvalue weighted by Gasteiger charge is -2.46. The van der Waals surface area contributed by atoms with Crippen molar-refractivity contribution in [2.24, 2.45) is 11.8 Å². The molecule has 0 radical (unpaired) electrons. The average Bonchev–Trinajstić information content (AvgIpc) is 3.20. The van der Waals surface area contributed by atoms with Crippen molar-refractivity contribution in [3.63, 3.8) is 0 Å². The van der Waals surface area contributed by atoms with Gasteiger partial charge in [0.05, 0.1) is 16.7 Å².